The van der Waals surface area contributed by atoms with Gasteiger partial charge in [-0.15, -0.1) is 0 Å². The third kappa shape index (κ3) is 2.48. The molecule has 1 aromatic carbocycles. The van der Waals surface area contributed by atoms with E-state index in [4.69, 9.17) is 5.73 Å². The molecule has 0 spiro atoms. The van der Waals surface area contributed by atoms with Gasteiger partial charge in [0.2, 0.25) is 0 Å². The zero-order chi connectivity index (χ0) is 12.3. The number of pyridine rings is 1. The number of nitrogens with zero attached hydrogens (tertiary/aromatic N) is 2. The number of thiocarbonyl (C=S) groups is 1. The highest BCUT2D eigenvalue weighted by atomic mass is 32.1. The molecule has 1 aromatic heterocycles. The highest BCUT2D eigenvalue weighted by molar-refractivity contribution is 7.80. The Balaban J connectivity index is 2.44. The summed E-state index contributed by atoms with van der Waals surface area (Å²) in [4.78, 5) is 4.10. The van der Waals surface area contributed by atoms with Crippen molar-refractivity contribution in [3.8, 4) is 5.75 Å². The molecule has 17 heavy (non-hydrogen) atoms. The molecule has 0 saturated heterocycles. The Hall–Kier alpha value is -2.21. The Morgan fingerprint density at radius 3 is 3.06 bits per heavy atom. The highest BCUT2D eigenvalue weighted by Crippen LogP contribution is 2.23. The molecule has 1 heterocycles. The maximum atomic E-state index is 9.65. The summed E-state index contributed by atoms with van der Waals surface area (Å²) in [5.41, 5.74) is 9.07. The Kier molecular flexibility index (Phi) is 3.15. The lowest BCUT2D eigenvalue weighted by molar-refractivity contribution is 0.480. The zero-order valence-corrected chi connectivity index (χ0v) is 9.61. The average molecular weight is 246 g/mol. The molecule has 2 aromatic rings. The van der Waals surface area contributed by atoms with Gasteiger partial charge in [0.05, 0.1) is 6.21 Å². The number of fused-ring (bicyclic) bond motifs is 1. The van der Waals surface area contributed by atoms with Crippen molar-refractivity contribution in [2.24, 2.45) is 10.8 Å². The summed E-state index contributed by atoms with van der Waals surface area (Å²) in [5.74, 6) is 0.139. The number of rotatable bonds is 2. The first kappa shape index (κ1) is 11.3. The van der Waals surface area contributed by atoms with Crippen LogP contribution in [0, 0.1) is 0 Å². The van der Waals surface area contributed by atoms with Gasteiger partial charge in [-0.25, -0.2) is 0 Å². The fourth-order valence-electron chi connectivity index (χ4n) is 1.46. The normalized spacial score (nSPS) is 10.8. The van der Waals surface area contributed by atoms with Crippen molar-refractivity contribution < 1.29 is 5.11 Å². The third-order valence-electron chi connectivity index (χ3n) is 2.16. The van der Waals surface area contributed by atoms with Crippen molar-refractivity contribution in [1.82, 2.24) is 10.4 Å². The molecule has 0 atom stereocenters. The second-order valence-electron chi connectivity index (χ2n) is 3.31. The first-order chi connectivity index (χ1) is 8.18. The third-order valence-corrected chi connectivity index (χ3v) is 2.25. The maximum absolute atomic E-state index is 9.65. The number of aromatic nitrogens is 1. The van der Waals surface area contributed by atoms with Crippen LogP contribution in [0.15, 0.2) is 35.6 Å². The smallest absolute Gasteiger partial charge is 0.184 e. The van der Waals surface area contributed by atoms with E-state index in [9.17, 15) is 5.11 Å². The van der Waals surface area contributed by atoms with Crippen LogP contribution in [0.5, 0.6) is 5.75 Å². The lowest BCUT2D eigenvalue weighted by atomic mass is 10.1. The summed E-state index contributed by atoms with van der Waals surface area (Å²) in [6.45, 7) is 0. The van der Waals surface area contributed by atoms with Crippen LogP contribution in [-0.2, 0) is 0 Å². The van der Waals surface area contributed by atoms with Crippen molar-refractivity contribution in [3.05, 3.63) is 36.0 Å². The fourth-order valence-corrected chi connectivity index (χ4v) is 1.51. The van der Waals surface area contributed by atoms with Gasteiger partial charge in [-0.1, -0.05) is 12.1 Å². The van der Waals surface area contributed by atoms with Crippen LogP contribution in [0.25, 0.3) is 10.9 Å². The number of hydrazone groups is 1. The van der Waals surface area contributed by atoms with E-state index in [1.165, 1.54) is 0 Å². The first-order valence-corrected chi connectivity index (χ1v) is 5.24. The second-order valence-corrected chi connectivity index (χ2v) is 3.75. The molecule has 5 nitrogen and oxygen atoms in total. The van der Waals surface area contributed by atoms with Crippen molar-refractivity contribution in [1.29, 1.82) is 0 Å². The van der Waals surface area contributed by atoms with Gasteiger partial charge in [0.15, 0.2) is 5.11 Å². The molecule has 0 unspecified atom stereocenters. The maximum Gasteiger partial charge on any atom is 0.184 e. The van der Waals surface area contributed by atoms with E-state index in [1.807, 2.05) is 6.07 Å². The molecule has 0 aliphatic carbocycles. The quantitative estimate of drug-likeness (QED) is 0.420. The number of nitrogens with one attached hydrogen (secondary N) is 1. The van der Waals surface area contributed by atoms with Crippen LogP contribution >= 0.6 is 12.2 Å². The summed E-state index contributed by atoms with van der Waals surface area (Å²) in [5, 5.41) is 14.4. The minimum atomic E-state index is 0.0995. The van der Waals surface area contributed by atoms with Crippen molar-refractivity contribution in [2.45, 2.75) is 0 Å². The largest absolute Gasteiger partial charge is 0.506 e. The minimum absolute atomic E-state index is 0.0995. The lowest BCUT2D eigenvalue weighted by Crippen LogP contribution is -2.24. The Labute approximate surface area is 103 Å². The van der Waals surface area contributed by atoms with Gasteiger partial charge < -0.3 is 10.8 Å². The predicted molar refractivity (Wildman–Crippen MR) is 70.9 cm³/mol. The highest BCUT2D eigenvalue weighted by Gasteiger charge is 2.03. The molecule has 6 heteroatoms. The number of phenols is 1. The molecular weight excluding hydrogens is 236 g/mol. The van der Waals surface area contributed by atoms with E-state index in [0.717, 1.165) is 10.9 Å². The topological polar surface area (TPSA) is 83.5 Å². The van der Waals surface area contributed by atoms with E-state index in [-0.39, 0.29) is 10.9 Å². The number of benzene rings is 1. The van der Waals surface area contributed by atoms with E-state index >= 15 is 0 Å². The van der Waals surface area contributed by atoms with E-state index in [2.05, 4.69) is 27.7 Å². The number of hydrogen-bond donors (Lipinski definition) is 3. The predicted octanol–water partition coefficient (Wildman–Crippen LogP) is 1.11. The molecule has 86 valence electrons. The zero-order valence-electron chi connectivity index (χ0n) is 8.79. The van der Waals surface area contributed by atoms with Gasteiger partial charge in [-0.3, -0.25) is 10.4 Å². The average Bonchev–Trinajstić information content (AvgIpc) is 2.30. The molecule has 0 radical (unpaired) electrons. The van der Waals surface area contributed by atoms with Gasteiger partial charge in [0.1, 0.15) is 11.3 Å². The molecule has 0 aliphatic rings. The molecule has 0 aliphatic heterocycles. The van der Waals surface area contributed by atoms with E-state index < -0.39 is 0 Å². The fraction of sp³-hybridized carbons (Fsp3) is 0. The van der Waals surface area contributed by atoms with E-state index in [0.29, 0.717) is 5.52 Å². The molecule has 0 saturated carbocycles. The van der Waals surface area contributed by atoms with Crippen LogP contribution < -0.4 is 11.2 Å². The van der Waals surface area contributed by atoms with Gasteiger partial charge in [0, 0.05) is 17.1 Å². The SMILES string of the molecule is NC(=S)NN=Cc1ccnc2c(O)cccc12. The molecule has 4 N–H and O–H groups in total. The number of hydrogen-bond acceptors (Lipinski definition) is 4. The van der Waals surface area contributed by atoms with Crippen molar-refractivity contribution in [2.75, 3.05) is 0 Å². The van der Waals surface area contributed by atoms with Crippen LogP contribution in [0.3, 0.4) is 0 Å². The van der Waals surface area contributed by atoms with Gasteiger partial charge in [0.25, 0.3) is 0 Å². The standard InChI is InChI=1S/C11H10N4OS/c12-11(17)15-14-6-7-4-5-13-10-8(7)2-1-3-9(10)16/h1-6,16H,(H3,12,15,17). The van der Waals surface area contributed by atoms with E-state index in [1.54, 1.807) is 30.6 Å². The number of phenolic OH excluding ortho intramolecular Hbond substituents is 1. The molecule has 0 fully saturated rings. The van der Waals surface area contributed by atoms with Gasteiger partial charge in [-0.05, 0) is 24.4 Å². The Morgan fingerprint density at radius 1 is 1.47 bits per heavy atom. The Morgan fingerprint density at radius 2 is 2.29 bits per heavy atom. The van der Waals surface area contributed by atoms with Gasteiger partial charge >= 0.3 is 0 Å². The van der Waals surface area contributed by atoms with Crippen molar-refractivity contribution in [3.63, 3.8) is 0 Å². The summed E-state index contributed by atoms with van der Waals surface area (Å²) >= 11 is 4.63. The molecule has 2 rings (SSSR count). The summed E-state index contributed by atoms with van der Waals surface area (Å²) in [6.07, 6.45) is 3.17. The summed E-state index contributed by atoms with van der Waals surface area (Å²) < 4.78 is 0. The van der Waals surface area contributed by atoms with Crippen LogP contribution in [0.4, 0.5) is 0 Å². The van der Waals surface area contributed by atoms with Crippen LogP contribution in [0.1, 0.15) is 5.56 Å². The first-order valence-electron chi connectivity index (χ1n) is 4.83. The molecule has 0 bridgehead atoms. The second kappa shape index (κ2) is 4.75. The summed E-state index contributed by atoms with van der Waals surface area (Å²) in [6, 6.07) is 6.97. The Bertz CT molecular complexity index is 597. The number of aromatic hydroxyl groups is 1. The van der Waals surface area contributed by atoms with Crippen LogP contribution in [0.2, 0.25) is 0 Å². The number of nitrogens with two attached hydrogens (primary N) is 1. The van der Waals surface area contributed by atoms with Crippen molar-refractivity contribution >= 4 is 34.4 Å². The molecule has 0 amide bonds. The van der Waals surface area contributed by atoms with Gasteiger partial charge in [-0.2, -0.15) is 5.10 Å². The monoisotopic (exact) mass is 246 g/mol. The summed E-state index contributed by atoms with van der Waals surface area (Å²) in [7, 11) is 0. The van der Waals surface area contributed by atoms with Crippen LogP contribution in [-0.4, -0.2) is 21.4 Å². The lowest BCUT2D eigenvalue weighted by Gasteiger charge is -2.02. The number of para-hydroxylation sites is 1. The minimum Gasteiger partial charge on any atom is -0.506 e. The molecular formula is C11H10N4OS.